The van der Waals surface area contributed by atoms with Crippen LogP contribution in [0.3, 0.4) is 0 Å². The maximum atomic E-state index is 11.1. The van der Waals surface area contributed by atoms with E-state index in [9.17, 15) is 5.11 Å². The molecule has 4 aromatic carbocycles. The van der Waals surface area contributed by atoms with E-state index >= 15 is 0 Å². The second kappa shape index (κ2) is 13.5. The van der Waals surface area contributed by atoms with Gasteiger partial charge in [0.15, 0.2) is 11.4 Å². The molecule has 0 spiro atoms. The van der Waals surface area contributed by atoms with Crippen molar-refractivity contribution in [3.05, 3.63) is 144 Å². The van der Waals surface area contributed by atoms with Gasteiger partial charge in [-0.3, -0.25) is 9.88 Å². The van der Waals surface area contributed by atoms with E-state index in [2.05, 4.69) is 89.8 Å². The van der Waals surface area contributed by atoms with Crippen molar-refractivity contribution in [2.75, 3.05) is 4.90 Å². The first-order chi connectivity index (χ1) is 26.3. The smallest absolute Gasteiger partial charge is 0.180 e. The van der Waals surface area contributed by atoms with Gasteiger partial charge in [0.25, 0.3) is 0 Å². The third kappa shape index (κ3) is 6.71. The zero-order chi connectivity index (χ0) is 38.6. The number of rotatable bonds is 6. The van der Waals surface area contributed by atoms with Crippen molar-refractivity contribution < 1.29 is 9.52 Å². The van der Waals surface area contributed by atoms with Gasteiger partial charge in [0.05, 0.1) is 11.4 Å². The average molecular weight is 724 g/mol. The van der Waals surface area contributed by atoms with Gasteiger partial charge in [-0.15, -0.1) is 0 Å². The van der Waals surface area contributed by atoms with E-state index in [1.165, 1.54) is 11.1 Å². The molecule has 55 heavy (non-hydrogen) atoms. The van der Waals surface area contributed by atoms with Crippen LogP contribution in [0.1, 0.15) is 63.9 Å². The quantitative estimate of drug-likeness (QED) is 0.183. The van der Waals surface area contributed by atoms with Gasteiger partial charge in [-0.1, -0.05) is 90.1 Å². The predicted octanol–water partition coefficient (Wildman–Crippen LogP) is 12.6. The number of phenolic OH excluding ortho intramolecular Hbond substituents is 1. The summed E-state index contributed by atoms with van der Waals surface area (Å²) < 4.78 is 6.41. The number of fused-ring (bicyclic) bond motifs is 3. The van der Waals surface area contributed by atoms with Gasteiger partial charge in [0.2, 0.25) is 0 Å². The summed E-state index contributed by atoms with van der Waals surface area (Å²) in [6.45, 7) is 17.7. The van der Waals surface area contributed by atoms with E-state index in [-0.39, 0.29) is 16.6 Å². The van der Waals surface area contributed by atoms with Crippen LogP contribution in [0.4, 0.5) is 17.2 Å². The normalized spacial score (nSPS) is 12.1. The maximum absolute atomic E-state index is 11.1. The molecule has 274 valence electrons. The fraction of sp³-hybridized carbons (Fsp3) is 0.208. The van der Waals surface area contributed by atoms with Gasteiger partial charge in [-0.25, -0.2) is 15.0 Å². The molecule has 1 N–H and O–H groups in total. The van der Waals surface area contributed by atoms with Crippen LogP contribution in [0.25, 0.3) is 55.8 Å². The van der Waals surface area contributed by atoms with Crippen LogP contribution in [0.2, 0.25) is 0 Å². The standard InChI is InChI=1S/C48H45N5O2/c1-29-20-22-49-30(2)44(29)53(41-19-13-14-21-50-41)36-26-31(32-24-34(47(3,4)5)28-35(25-32)48(6,7)8)23-33(27-36)46-51-42(37-15-9-11-17-39(37)54)45-43(52-46)38-16-10-12-18-40(38)55-45/h9-28,54H,1-8H3. The molecule has 0 radical (unpaired) electrons. The summed E-state index contributed by atoms with van der Waals surface area (Å²) in [6, 6.07) is 36.6. The van der Waals surface area contributed by atoms with Crippen LogP contribution >= 0.6 is 0 Å². The van der Waals surface area contributed by atoms with E-state index in [0.717, 1.165) is 50.5 Å². The summed E-state index contributed by atoms with van der Waals surface area (Å²) in [5.74, 6) is 1.38. The van der Waals surface area contributed by atoms with E-state index in [1.807, 2.05) is 80.0 Å². The van der Waals surface area contributed by atoms with Gasteiger partial charge in [0.1, 0.15) is 28.4 Å². The number of benzene rings is 4. The summed E-state index contributed by atoms with van der Waals surface area (Å²) in [5.41, 5.74) is 12.0. The molecule has 8 rings (SSSR count). The molecular formula is C48H45N5O2. The minimum atomic E-state index is -0.0799. The fourth-order valence-corrected chi connectivity index (χ4v) is 7.16. The molecule has 4 aromatic heterocycles. The maximum Gasteiger partial charge on any atom is 0.180 e. The molecule has 0 aliphatic rings. The van der Waals surface area contributed by atoms with Crippen molar-refractivity contribution in [3.8, 4) is 39.5 Å². The highest BCUT2D eigenvalue weighted by molar-refractivity contribution is 6.07. The molecule has 0 saturated carbocycles. The number of hydrogen-bond acceptors (Lipinski definition) is 7. The molecule has 8 aromatic rings. The molecule has 0 fully saturated rings. The summed E-state index contributed by atoms with van der Waals surface area (Å²) >= 11 is 0. The molecule has 7 nitrogen and oxygen atoms in total. The highest BCUT2D eigenvalue weighted by Gasteiger charge is 2.25. The number of nitrogens with zero attached hydrogens (tertiary/aromatic N) is 5. The number of furan rings is 1. The Balaban J connectivity index is 1.48. The lowest BCUT2D eigenvalue weighted by atomic mass is 9.79. The minimum Gasteiger partial charge on any atom is -0.507 e. The number of anilines is 3. The largest absolute Gasteiger partial charge is 0.507 e. The highest BCUT2D eigenvalue weighted by atomic mass is 16.3. The first kappa shape index (κ1) is 35.7. The number of para-hydroxylation sites is 2. The number of pyridine rings is 2. The van der Waals surface area contributed by atoms with E-state index in [1.54, 1.807) is 12.1 Å². The van der Waals surface area contributed by atoms with Gasteiger partial charge in [0, 0.05) is 34.6 Å². The Morgan fingerprint density at radius 2 is 1.31 bits per heavy atom. The number of aromatic hydroxyl groups is 1. The fourth-order valence-electron chi connectivity index (χ4n) is 7.16. The Morgan fingerprint density at radius 3 is 2.00 bits per heavy atom. The summed E-state index contributed by atoms with van der Waals surface area (Å²) in [4.78, 5) is 22.2. The average Bonchev–Trinajstić information content (AvgIpc) is 3.54. The Labute approximate surface area is 322 Å². The topological polar surface area (TPSA) is 88.2 Å². The van der Waals surface area contributed by atoms with Gasteiger partial charge in [-0.05, 0) is 113 Å². The predicted molar refractivity (Wildman–Crippen MR) is 224 cm³/mol. The van der Waals surface area contributed by atoms with Crippen LogP contribution in [-0.2, 0) is 10.8 Å². The van der Waals surface area contributed by atoms with Gasteiger partial charge >= 0.3 is 0 Å². The summed E-state index contributed by atoms with van der Waals surface area (Å²) in [7, 11) is 0. The Hall–Kier alpha value is -6.34. The van der Waals surface area contributed by atoms with E-state index in [0.29, 0.717) is 33.8 Å². The summed E-state index contributed by atoms with van der Waals surface area (Å²) in [6.07, 6.45) is 3.66. The molecule has 0 bridgehead atoms. The lowest BCUT2D eigenvalue weighted by Gasteiger charge is -2.29. The first-order valence-corrected chi connectivity index (χ1v) is 18.7. The van der Waals surface area contributed by atoms with Crippen molar-refractivity contribution in [1.29, 1.82) is 0 Å². The highest BCUT2D eigenvalue weighted by Crippen LogP contribution is 2.44. The first-order valence-electron chi connectivity index (χ1n) is 18.7. The van der Waals surface area contributed by atoms with Crippen LogP contribution in [0.5, 0.6) is 5.75 Å². The molecule has 0 atom stereocenters. The molecule has 0 aliphatic heterocycles. The molecule has 4 heterocycles. The Kier molecular flexibility index (Phi) is 8.76. The monoisotopic (exact) mass is 723 g/mol. The van der Waals surface area contributed by atoms with Crippen molar-refractivity contribution in [1.82, 2.24) is 19.9 Å². The van der Waals surface area contributed by atoms with Crippen LogP contribution < -0.4 is 4.90 Å². The number of hydrogen-bond donors (Lipinski definition) is 1. The third-order valence-corrected chi connectivity index (χ3v) is 10.2. The Bertz CT molecular complexity index is 2670. The molecule has 0 unspecified atom stereocenters. The van der Waals surface area contributed by atoms with Crippen molar-refractivity contribution in [2.24, 2.45) is 0 Å². The zero-order valence-corrected chi connectivity index (χ0v) is 32.6. The van der Waals surface area contributed by atoms with Crippen LogP contribution in [-0.4, -0.2) is 25.0 Å². The molecule has 0 amide bonds. The third-order valence-electron chi connectivity index (χ3n) is 10.2. The van der Waals surface area contributed by atoms with Crippen molar-refractivity contribution in [2.45, 2.75) is 66.2 Å². The van der Waals surface area contributed by atoms with Gasteiger partial charge < -0.3 is 9.52 Å². The van der Waals surface area contributed by atoms with Crippen LogP contribution in [0.15, 0.2) is 126 Å². The lowest BCUT2D eigenvalue weighted by Crippen LogP contribution is -2.17. The Morgan fingerprint density at radius 1 is 0.636 bits per heavy atom. The lowest BCUT2D eigenvalue weighted by molar-refractivity contribution is 0.477. The van der Waals surface area contributed by atoms with Gasteiger partial charge in [-0.2, -0.15) is 0 Å². The number of aryl methyl sites for hydroxylation is 2. The van der Waals surface area contributed by atoms with Crippen molar-refractivity contribution >= 4 is 39.3 Å². The zero-order valence-electron chi connectivity index (χ0n) is 32.6. The molecular weight excluding hydrogens is 679 g/mol. The molecule has 0 saturated heterocycles. The SMILES string of the molecule is Cc1ccnc(C)c1N(c1cc(-c2cc(C(C)(C)C)cc(C(C)(C)C)c2)cc(-c2nc(-c3ccccc3O)c3oc4ccccc4c3n2)c1)c1ccccn1. The van der Waals surface area contributed by atoms with Crippen LogP contribution in [0, 0.1) is 13.8 Å². The molecule has 0 aliphatic carbocycles. The minimum absolute atomic E-state index is 0.0799. The molecule has 7 heteroatoms. The number of phenols is 1. The van der Waals surface area contributed by atoms with Crippen molar-refractivity contribution in [3.63, 3.8) is 0 Å². The van der Waals surface area contributed by atoms with E-state index < -0.39 is 0 Å². The second-order valence-electron chi connectivity index (χ2n) is 16.3. The van der Waals surface area contributed by atoms with E-state index in [4.69, 9.17) is 24.4 Å². The second-order valence-corrected chi connectivity index (χ2v) is 16.3. The summed E-state index contributed by atoms with van der Waals surface area (Å²) in [5, 5.41) is 12.0. The number of aromatic nitrogens is 4.